The Labute approximate surface area is 179 Å². The van der Waals surface area contributed by atoms with Gasteiger partial charge in [0, 0.05) is 23.9 Å². The van der Waals surface area contributed by atoms with E-state index >= 15 is 0 Å². The van der Waals surface area contributed by atoms with Crippen LogP contribution in [0.4, 0.5) is 5.69 Å². The first-order chi connectivity index (χ1) is 14.2. The van der Waals surface area contributed by atoms with Gasteiger partial charge in [-0.2, -0.15) is 0 Å². The van der Waals surface area contributed by atoms with E-state index in [0.29, 0.717) is 12.0 Å². The van der Waals surface area contributed by atoms with Gasteiger partial charge in [0.05, 0.1) is 18.0 Å². The minimum atomic E-state index is -3.56. The first kappa shape index (κ1) is 22.1. The van der Waals surface area contributed by atoms with Crippen LogP contribution in [0.3, 0.4) is 0 Å². The maximum atomic E-state index is 11.5. The highest BCUT2D eigenvalue weighted by atomic mass is 32.2. The zero-order chi connectivity index (χ0) is 21.7. The number of benzene rings is 2. The molecule has 1 aromatic heterocycles. The van der Waals surface area contributed by atoms with Crippen LogP contribution in [0.2, 0.25) is 0 Å². The minimum Gasteiger partial charge on any atom is -0.508 e. The van der Waals surface area contributed by atoms with Crippen LogP contribution in [-0.4, -0.2) is 36.5 Å². The van der Waals surface area contributed by atoms with Crippen LogP contribution >= 0.6 is 11.3 Å². The van der Waals surface area contributed by atoms with Crippen LogP contribution in [0.5, 0.6) is 11.5 Å². The number of sulfonamides is 1. The van der Waals surface area contributed by atoms with Crippen LogP contribution in [0, 0.1) is 0 Å². The topological polar surface area (TPSA) is 119 Å². The molecule has 30 heavy (non-hydrogen) atoms. The fraction of sp³-hybridized carbons (Fsp3) is 0.238. The lowest BCUT2D eigenvalue weighted by atomic mass is 10.0. The van der Waals surface area contributed by atoms with Gasteiger partial charge in [0.1, 0.15) is 11.5 Å². The van der Waals surface area contributed by atoms with Crippen molar-refractivity contribution in [3.05, 3.63) is 76.0 Å². The Kier molecular flexibility index (Phi) is 6.99. The number of hydrogen-bond acceptors (Lipinski definition) is 7. The number of thiophene rings is 1. The molecule has 0 radical (unpaired) electrons. The summed E-state index contributed by atoms with van der Waals surface area (Å²) in [6.07, 6.45) is 0.781. The molecule has 160 valence electrons. The number of phenolic OH excluding ortho intramolecular Hbond substituents is 2. The molecule has 0 aliphatic heterocycles. The highest BCUT2D eigenvalue weighted by Gasteiger charge is 2.17. The zero-order valence-corrected chi connectivity index (χ0v) is 18.0. The van der Waals surface area contributed by atoms with Crippen LogP contribution in [0.25, 0.3) is 0 Å². The van der Waals surface area contributed by atoms with Crippen LogP contribution in [0.15, 0.2) is 60.0 Å². The molecular weight excluding hydrogens is 424 g/mol. The first-order valence-corrected chi connectivity index (χ1v) is 12.0. The third kappa shape index (κ3) is 6.20. The number of aliphatic hydroxyl groups excluding tert-OH is 1. The molecule has 5 N–H and O–H groups in total. The third-order valence-corrected chi connectivity index (χ3v) is 6.03. The second-order valence-corrected chi connectivity index (χ2v) is 9.78. The standard InChI is InChI=1S/C21H24N2O5S2/c1-30(27,28)23-19-11-15(6-9-20(19)25)21(26)13-22-18(12-17-3-2-10-29-17)14-4-7-16(24)8-5-14/h2-11,18,21-26H,12-13H2,1H3/t18?,21-/m0/s1. The number of aromatic hydroxyl groups is 2. The summed E-state index contributed by atoms with van der Waals surface area (Å²) in [5.41, 5.74) is 1.45. The summed E-state index contributed by atoms with van der Waals surface area (Å²) in [6.45, 7) is 0.208. The van der Waals surface area contributed by atoms with Crippen LogP contribution in [-0.2, 0) is 16.4 Å². The van der Waals surface area contributed by atoms with E-state index in [2.05, 4.69) is 10.0 Å². The van der Waals surface area contributed by atoms with Gasteiger partial charge in [-0.1, -0.05) is 24.3 Å². The second-order valence-electron chi connectivity index (χ2n) is 7.00. The van der Waals surface area contributed by atoms with Crippen molar-refractivity contribution < 1.29 is 23.7 Å². The molecule has 2 aromatic carbocycles. The fourth-order valence-electron chi connectivity index (χ4n) is 3.06. The van der Waals surface area contributed by atoms with Crippen molar-refractivity contribution in [1.82, 2.24) is 5.32 Å². The van der Waals surface area contributed by atoms with E-state index in [1.54, 1.807) is 29.5 Å². The van der Waals surface area contributed by atoms with E-state index in [9.17, 15) is 23.7 Å². The molecule has 0 aliphatic carbocycles. The van der Waals surface area contributed by atoms with E-state index in [0.717, 1.165) is 11.8 Å². The van der Waals surface area contributed by atoms with Gasteiger partial charge in [0.15, 0.2) is 0 Å². The maximum Gasteiger partial charge on any atom is 0.229 e. The average Bonchev–Trinajstić information content (AvgIpc) is 3.19. The lowest BCUT2D eigenvalue weighted by Gasteiger charge is -2.22. The van der Waals surface area contributed by atoms with E-state index in [1.165, 1.54) is 17.0 Å². The molecule has 0 saturated heterocycles. The molecule has 9 heteroatoms. The Bertz CT molecular complexity index is 1070. The fourth-order valence-corrected chi connectivity index (χ4v) is 4.37. The predicted molar refractivity (Wildman–Crippen MR) is 118 cm³/mol. The van der Waals surface area contributed by atoms with Gasteiger partial charge in [-0.3, -0.25) is 4.72 Å². The van der Waals surface area contributed by atoms with E-state index in [4.69, 9.17) is 0 Å². The van der Waals surface area contributed by atoms with Gasteiger partial charge in [0.25, 0.3) is 0 Å². The average molecular weight is 449 g/mol. The Hall–Kier alpha value is -2.59. The van der Waals surface area contributed by atoms with Gasteiger partial charge in [-0.25, -0.2) is 8.42 Å². The number of rotatable bonds is 9. The summed E-state index contributed by atoms with van der Waals surface area (Å²) in [7, 11) is -3.56. The van der Waals surface area contributed by atoms with E-state index in [1.807, 2.05) is 29.6 Å². The van der Waals surface area contributed by atoms with Crippen molar-refractivity contribution in [2.24, 2.45) is 0 Å². The summed E-state index contributed by atoms with van der Waals surface area (Å²) < 4.78 is 25.2. The lowest BCUT2D eigenvalue weighted by Crippen LogP contribution is -2.28. The summed E-state index contributed by atoms with van der Waals surface area (Å²) in [5.74, 6) is -0.0346. The highest BCUT2D eigenvalue weighted by Crippen LogP contribution is 2.29. The molecule has 0 fully saturated rings. The zero-order valence-electron chi connectivity index (χ0n) is 16.3. The van der Waals surface area contributed by atoms with Crippen molar-refractivity contribution in [2.75, 3.05) is 17.5 Å². The lowest BCUT2D eigenvalue weighted by molar-refractivity contribution is 0.169. The number of nitrogens with one attached hydrogen (secondary N) is 2. The molecule has 0 bridgehead atoms. The molecule has 7 nitrogen and oxygen atoms in total. The molecule has 3 aromatic rings. The maximum absolute atomic E-state index is 11.5. The summed E-state index contributed by atoms with van der Waals surface area (Å²) in [4.78, 5) is 1.18. The largest absolute Gasteiger partial charge is 0.508 e. The Morgan fingerprint density at radius 2 is 1.73 bits per heavy atom. The minimum absolute atomic E-state index is 0.0164. The van der Waals surface area contributed by atoms with Crippen LogP contribution in [0.1, 0.15) is 28.1 Å². The van der Waals surface area contributed by atoms with Gasteiger partial charge < -0.3 is 20.6 Å². The molecule has 1 unspecified atom stereocenters. The molecular formula is C21H24N2O5S2. The SMILES string of the molecule is CS(=O)(=O)Nc1cc([C@@H](O)CNC(Cc2cccs2)c2ccc(O)cc2)ccc1O. The number of aliphatic hydroxyl groups is 1. The Morgan fingerprint density at radius 3 is 2.37 bits per heavy atom. The summed E-state index contributed by atoms with van der Waals surface area (Å²) in [6, 6.07) is 15.1. The third-order valence-electron chi connectivity index (χ3n) is 4.54. The molecule has 3 rings (SSSR count). The summed E-state index contributed by atoms with van der Waals surface area (Å²) >= 11 is 1.64. The molecule has 1 heterocycles. The Morgan fingerprint density at radius 1 is 1.03 bits per heavy atom. The second kappa shape index (κ2) is 9.48. The van der Waals surface area contributed by atoms with Gasteiger partial charge in [0.2, 0.25) is 10.0 Å². The quantitative estimate of drug-likeness (QED) is 0.321. The Balaban J connectivity index is 1.74. The van der Waals surface area contributed by atoms with Gasteiger partial charge >= 0.3 is 0 Å². The molecule has 2 atom stereocenters. The van der Waals surface area contributed by atoms with Crippen molar-refractivity contribution in [3.63, 3.8) is 0 Å². The van der Waals surface area contributed by atoms with Crippen LogP contribution < -0.4 is 10.0 Å². The normalized spacial score (nSPS) is 13.7. The predicted octanol–water partition coefficient (Wildman–Crippen LogP) is 3.14. The highest BCUT2D eigenvalue weighted by molar-refractivity contribution is 7.92. The smallest absolute Gasteiger partial charge is 0.229 e. The van der Waals surface area contributed by atoms with E-state index in [-0.39, 0.29) is 29.8 Å². The van der Waals surface area contributed by atoms with Crippen molar-refractivity contribution in [2.45, 2.75) is 18.6 Å². The van der Waals surface area contributed by atoms with Crippen molar-refractivity contribution >= 4 is 27.0 Å². The van der Waals surface area contributed by atoms with Crippen molar-refractivity contribution in [3.8, 4) is 11.5 Å². The van der Waals surface area contributed by atoms with Gasteiger partial charge in [-0.15, -0.1) is 11.3 Å². The van der Waals surface area contributed by atoms with Gasteiger partial charge in [-0.05, 0) is 46.8 Å². The molecule has 0 aliphatic rings. The molecule has 0 spiro atoms. The van der Waals surface area contributed by atoms with E-state index < -0.39 is 16.1 Å². The number of anilines is 1. The first-order valence-electron chi connectivity index (χ1n) is 9.25. The summed E-state index contributed by atoms with van der Waals surface area (Å²) in [5, 5.41) is 35.4. The molecule has 0 saturated carbocycles. The monoisotopic (exact) mass is 448 g/mol. The van der Waals surface area contributed by atoms with Crippen molar-refractivity contribution in [1.29, 1.82) is 0 Å². The number of hydrogen-bond donors (Lipinski definition) is 5. The number of phenols is 2. The molecule has 0 amide bonds.